The quantitative estimate of drug-likeness (QED) is 0.544. The Hall–Kier alpha value is -1.57. The van der Waals surface area contributed by atoms with E-state index in [0.29, 0.717) is 0 Å². The zero-order chi connectivity index (χ0) is 11.8. The number of aliphatic imine (C=N–C) groups is 1. The third-order valence-corrected chi connectivity index (χ3v) is 2.33. The minimum absolute atomic E-state index is 0.744. The Balaban J connectivity index is 2.50. The van der Waals surface area contributed by atoms with Crippen LogP contribution >= 0.6 is 0 Å². The number of rotatable bonds is 5. The highest BCUT2D eigenvalue weighted by Crippen LogP contribution is 2.04. The first-order valence-electron chi connectivity index (χ1n) is 5.70. The molecule has 0 fully saturated rings. The Labute approximate surface area is 98.3 Å². The van der Waals surface area contributed by atoms with Crippen molar-refractivity contribution in [3.63, 3.8) is 0 Å². The molecule has 0 unspecified atom stereocenters. The van der Waals surface area contributed by atoms with Crippen LogP contribution < -0.4 is 0 Å². The molecule has 0 aromatic heterocycles. The summed E-state index contributed by atoms with van der Waals surface area (Å²) in [6.07, 6.45) is 5.93. The fourth-order valence-electron chi connectivity index (χ4n) is 1.36. The topological polar surface area (TPSA) is 15.6 Å². The van der Waals surface area contributed by atoms with Crippen LogP contribution in [0.25, 0.3) is 0 Å². The van der Waals surface area contributed by atoms with Gasteiger partial charge >= 0.3 is 0 Å². The van der Waals surface area contributed by atoms with Crippen LogP contribution in [0.4, 0.5) is 0 Å². The molecule has 0 bridgehead atoms. The van der Waals surface area contributed by atoms with E-state index in [2.05, 4.69) is 48.0 Å². The van der Waals surface area contributed by atoms with Crippen LogP contribution in [0, 0.1) is 6.92 Å². The summed E-state index contributed by atoms with van der Waals surface area (Å²) in [5, 5.41) is 0. The van der Waals surface area contributed by atoms with Crippen LogP contribution in [-0.4, -0.2) is 17.8 Å². The number of hydrogen-bond acceptors (Lipinski definition) is 1. The van der Waals surface area contributed by atoms with Gasteiger partial charge in [-0.05, 0) is 26.3 Å². The predicted molar refractivity (Wildman–Crippen MR) is 70.6 cm³/mol. The highest BCUT2D eigenvalue weighted by molar-refractivity contribution is 5.56. The molecule has 0 amide bonds. The summed E-state index contributed by atoms with van der Waals surface area (Å²) in [5.74, 6) is 0. The predicted octanol–water partition coefficient (Wildman–Crippen LogP) is 3.38. The standard InChI is InChI=1S/C14H20N2/c1-4-10-16(5-2)12-15-11-14-8-6-13(3)7-9-14/h4,6-10,12H,5,11H2,1-3H3/b10-4-,15-12?. The molecule has 0 aliphatic carbocycles. The van der Waals surface area contributed by atoms with Crippen LogP contribution in [-0.2, 0) is 6.54 Å². The van der Waals surface area contributed by atoms with Crippen molar-refractivity contribution in [1.82, 2.24) is 4.90 Å². The van der Waals surface area contributed by atoms with E-state index in [9.17, 15) is 0 Å². The summed E-state index contributed by atoms with van der Waals surface area (Å²) in [6.45, 7) is 7.91. The Bertz CT molecular complexity index is 350. The highest BCUT2D eigenvalue weighted by atomic mass is 15.1. The van der Waals surface area contributed by atoms with E-state index in [1.807, 2.05) is 25.5 Å². The average molecular weight is 216 g/mol. The van der Waals surface area contributed by atoms with Gasteiger partial charge in [0.05, 0.1) is 12.9 Å². The summed E-state index contributed by atoms with van der Waals surface area (Å²) in [6, 6.07) is 8.49. The SMILES string of the molecule is C/C=C\N(C=NCc1ccc(C)cc1)CC. The molecular formula is C14H20N2. The molecule has 0 atom stereocenters. The first-order chi connectivity index (χ1) is 7.76. The molecule has 0 saturated carbocycles. The Morgan fingerprint density at radius 3 is 2.50 bits per heavy atom. The van der Waals surface area contributed by atoms with Crippen molar-refractivity contribution in [2.45, 2.75) is 27.3 Å². The van der Waals surface area contributed by atoms with Gasteiger partial charge in [-0.1, -0.05) is 35.9 Å². The Morgan fingerprint density at radius 1 is 1.25 bits per heavy atom. The minimum Gasteiger partial charge on any atom is -0.340 e. The molecule has 1 rings (SSSR count). The van der Waals surface area contributed by atoms with Crippen LogP contribution in [0.2, 0.25) is 0 Å². The smallest absolute Gasteiger partial charge is 0.0893 e. The van der Waals surface area contributed by atoms with Crippen LogP contribution in [0.1, 0.15) is 25.0 Å². The second-order valence-electron chi connectivity index (χ2n) is 3.75. The Kier molecular flexibility index (Phi) is 5.34. The number of hydrogen-bond donors (Lipinski definition) is 0. The molecule has 0 radical (unpaired) electrons. The normalized spacial score (nSPS) is 11.4. The van der Waals surface area contributed by atoms with Gasteiger partial charge in [-0.2, -0.15) is 0 Å². The van der Waals surface area contributed by atoms with E-state index >= 15 is 0 Å². The molecule has 86 valence electrons. The van der Waals surface area contributed by atoms with Crippen molar-refractivity contribution >= 4 is 6.34 Å². The van der Waals surface area contributed by atoms with Crippen molar-refractivity contribution in [2.75, 3.05) is 6.54 Å². The van der Waals surface area contributed by atoms with Gasteiger partial charge in [-0.15, -0.1) is 0 Å². The van der Waals surface area contributed by atoms with E-state index in [1.165, 1.54) is 11.1 Å². The third-order valence-electron chi connectivity index (χ3n) is 2.33. The van der Waals surface area contributed by atoms with E-state index < -0.39 is 0 Å². The van der Waals surface area contributed by atoms with Crippen LogP contribution in [0.3, 0.4) is 0 Å². The molecule has 1 aromatic carbocycles. The van der Waals surface area contributed by atoms with E-state index in [1.54, 1.807) is 0 Å². The molecule has 1 aromatic rings. The van der Waals surface area contributed by atoms with Gasteiger partial charge in [0.15, 0.2) is 0 Å². The second kappa shape index (κ2) is 6.83. The van der Waals surface area contributed by atoms with Gasteiger partial charge in [0, 0.05) is 12.7 Å². The average Bonchev–Trinajstić information content (AvgIpc) is 2.30. The first-order valence-corrected chi connectivity index (χ1v) is 5.70. The first kappa shape index (κ1) is 12.5. The number of benzene rings is 1. The largest absolute Gasteiger partial charge is 0.340 e. The number of aryl methyl sites for hydroxylation is 1. The van der Waals surface area contributed by atoms with Crippen molar-refractivity contribution in [3.05, 3.63) is 47.7 Å². The minimum atomic E-state index is 0.744. The Morgan fingerprint density at radius 2 is 1.94 bits per heavy atom. The lowest BCUT2D eigenvalue weighted by Gasteiger charge is -2.10. The molecule has 0 saturated heterocycles. The summed E-state index contributed by atoms with van der Waals surface area (Å²) in [4.78, 5) is 6.47. The molecule has 0 heterocycles. The lowest BCUT2D eigenvalue weighted by atomic mass is 10.1. The van der Waals surface area contributed by atoms with Crippen molar-refractivity contribution in [2.24, 2.45) is 4.99 Å². The fraction of sp³-hybridized carbons (Fsp3) is 0.357. The number of allylic oxidation sites excluding steroid dienone is 1. The second-order valence-corrected chi connectivity index (χ2v) is 3.75. The van der Waals surface area contributed by atoms with E-state index in [-0.39, 0.29) is 0 Å². The summed E-state index contributed by atoms with van der Waals surface area (Å²) >= 11 is 0. The van der Waals surface area contributed by atoms with E-state index in [4.69, 9.17) is 0 Å². The molecule has 0 spiro atoms. The third kappa shape index (κ3) is 4.30. The van der Waals surface area contributed by atoms with Gasteiger partial charge < -0.3 is 4.90 Å². The lowest BCUT2D eigenvalue weighted by Crippen LogP contribution is -2.13. The monoisotopic (exact) mass is 216 g/mol. The zero-order valence-electron chi connectivity index (χ0n) is 10.4. The molecular weight excluding hydrogens is 196 g/mol. The van der Waals surface area contributed by atoms with Crippen molar-refractivity contribution in [3.8, 4) is 0 Å². The van der Waals surface area contributed by atoms with Gasteiger partial charge in [0.2, 0.25) is 0 Å². The van der Waals surface area contributed by atoms with Gasteiger partial charge in [-0.3, -0.25) is 4.99 Å². The fourth-order valence-corrected chi connectivity index (χ4v) is 1.36. The maximum atomic E-state index is 4.41. The van der Waals surface area contributed by atoms with E-state index in [0.717, 1.165) is 13.1 Å². The van der Waals surface area contributed by atoms with Gasteiger partial charge in [0.1, 0.15) is 0 Å². The highest BCUT2D eigenvalue weighted by Gasteiger charge is 1.91. The molecule has 2 heteroatoms. The lowest BCUT2D eigenvalue weighted by molar-refractivity contribution is 0.602. The van der Waals surface area contributed by atoms with Crippen LogP contribution in [0.5, 0.6) is 0 Å². The zero-order valence-corrected chi connectivity index (χ0v) is 10.4. The molecule has 0 aliphatic rings. The van der Waals surface area contributed by atoms with Crippen LogP contribution in [0.15, 0.2) is 41.5 Å². The van der Waals surface area contributed by atoms with Gasteiger partial charge in [-0.25, -0.2) is 0 Å². The molecule has 0 N–H and O–H groups in total. The molecule has 2 nitrogen and oxygen atoms in total. The molecule has 0 aliphatic heterocycles. The maximum absolute atomic E-state index is 4.41. The molecule has 16 heavy (non-hydrogen) atoms. The van der Waals surface area contributed by atoms with Gasteiger partial charge in [0.25, 0.3) is 0 Å². The summed E-state index contributed by atoms with van der Waals surface area (Å²) < 4.78 is 0. The van der Waals surface area contributed by atoms with Crippen molar-refractivity contribution < 1.29 is 0 Å². The number of nitrogens with zero attached hydrogens (tertiary/aromatic N) is 2. The van der Waals surface area contributed by atoms with Crippen molar-refractivity contribution in [1.29, 1.82) is 0 Å². The maximum Gasteiger partial charge on any atom is 0.0893 e. The summed E-state index contributed by atoms with van der Waals surface area (Å²) in [5.41, 5.74) is 2.54. The summed E-state index contributed by atoms with van der Waals surface area (Å²) in [7, 11) is 0.